The van der Waals surface area contributed by atoms with Crippen molar-refractivity contribution in [3.05, 3.63) is 0 Å². The molecule has 2 unspecified atom stereocenters. The second-order valence-electron chi connectivity index (χ2n) is 5.06. The standard InChI is InChI=1S/C14H30N2O4/c1-5-6-7-19-8-9-20-11-13(17)10-15-12(2)14(18)16(3)4/h12-13,15,17H,5-11H2,1-4H3. The highest BCUT2D eigenvalue weighted by molar-refractivity contribution is 5.80. The van der Waals surface area contributed by atoms with E-state index in [1.54, 1.807) is 21.0 Å². The maximum atomic E-state index is 11.6. The van der Waals surface area contributed by atoms with Gasteiger partial charge in [0.1, 0.15) is 0 Å². The molecule has 6 heteroatoms. The maximum Gasteiger partial charge on any atom is 0.238 e. The molecular weight excluding hydrogens is 260 g/mol. The maximum absolute atomic E-state index is 11.6. The predicted octanol–water partition coefficient (Wildman–Crippen LogP) is 0.247. The SMILES string of the molecule is CCCCOCCOCC(O)CNC(C)C(=O)N(C)C. The van der Waals surface area contributed by atoms with Crippen LogP contribution in [0.4, 0.5) is 0 Å². The normalized spacial score (nSPS) is 14.1. The first-order valence-electron chi connectivity index (χ1n) is 7.27. The molecule has 0 fully saturated rings. The van der Waals surface area contributed by atoms with E-state index in [0.717, 1.165) is 19.4 Å². The van der Waals surface area contributed by atoms with E-state index < -0.39 is 6.10 Å². The van der Waals surface area contributed by atoms with Gasteiger partial charge < -0.3 is 24.8 Å². The molecule has 1 amide bonds. The summed E-state index contributed by atoms with van der Waals surface area (Å²) in [5.74, 6) is -0.0116. The summed E-state index contributed by atoms with van der Waals surface area (Å²) >= 11 is 0. The van der Waals surface area contributed by atoms with Crippen molar-refractivity contribution >= 4 is 5.91 Å². The fraction of sp³-hybridized carbons (Fsp3) is 0.929. The number of nitrogens with one attached hydrogen (secondary N) is 1. The number of aliphatic hydroxyl groups excluding tert-OH is 1. The largest absolute Gasteiger partial charge is 0.389 e. The number of aliphatic hydroxyl groups is 1. The van der Waals surface area contributed by atoms with Crippen LogP contribution in [0.5, 0.6) is 0 Å². The number of carbonyl (C=O) groups is 1. The van der Waals surface area contributed by atoms with Crippen LogP contribution >= 0.6 is 0 Å². The van der Waals surface area contributed by atoms with Gasteiger partial charge in [0.05, 0.1) is 32.0 Å². The van der Waals surface area contributed by atoms with Gasteiger partial charge in [0, 0.05) is 27.2 Å². The predicted molar refractivity (Wildman–Crippen MR) is 78.7 cm³/mol. The summed E-state index contributed by atoms with van der Waals surface area (Å²) in [5, 5.41) is 12.7. The zero-order valence-corrected chi connectivity index (χ0v) is 13.2. The third-order valence-electron chi connectivity index (χ3n) is 2.80. The van der Waals surface area contributed by atoms with E-state index in [9.17, 15) is 9.90 Å². The van der Waals surface area contributed by atoms with Gasteiger partial charge in [-0.05, 0) is 13.3 Å². The van der Waals surface area contributed by atoms with Gasteiger partial charge in [-0.3, -0.25) is 4.79 Å². The van der Waals surface area contributed by atoms with Crippen LogP contribution in [-0.2, 0) is 14.3 Å². The molecule has 0 spiro atoms. The summed E-state index contributed by atoms with van der Waals surface area (Å²) in [6, 6.07) is -0.308. The lowest BCUT2D eigenvalue weighted by molar-refractivity contribution is -0.130. The Bertz CT molecular complexity index is 249. The first kappa shape index (κ1) is 19.3. The van der Waals surface area contributed by atoms with Crippen LogP contribution in [0.1, 0.15) is 26.7 Å². The van der Waals surface area contributed by atoms with E-state index in [0.29, 0.717) is 19.8 Å². The van der Waals surface area contributed by atoms with Crippen molar-refractivity contribution in [1.29, 1.82) is 0 Å². The summed E-state index contributed by atoms with van der Waals surface area (Å²) < 4.78 is 10.6. The molecule has 0 saturated heterocycles. The molecule has 0 aromatic rings. The lowest BCUT2D eigenvalue weighted by Gasteiger charge is -2.19. The van der Waals surface area contributed by atoms with E-state index in [2.05, 4.69) is 12.2 Å². The van der Waals surface area contributed by atoms with Gasteiger partial charge in [-0.25, -0.2) is 0 Å². The molecule has 0 bridgehead atoms. The number of unbranched alkanes of at least 4 members (excludes halogenated alkanes) is 1. The summed E-state index contributed by atoms with van der Waals surface area (Å²) in [6.07, 6.45) is 1.56. The summed E-state index contributed by atoms with van der Waals surface area (Å²) in [5.41, 5.74) is 0. The molecule has 0 aromatic carbocycles. The monoisotopic (exact) mass is 290 g/mol. The molecule has 0 aliphatic heterocycles. The molecule has 0 aliphatic carbocycles. The van der Waals surface area contributed by atoms with Crippen molar-refractivity contribution < 1.29 is 19.4 Å². The molecule has 0 aromatic heterocycles. The number of nitrogens with zero attached hydrogens (tertiary/aromatic N) is 1. The highest BCUT2D eigenvalue weighted by atomic mass is 16.5. The van der Waals surface area contributed by atoms with Gasteiger partial charge in [0.15, 0.2) is 0 Å². The average Bonchev–Trinajstić information content (AvgIpc) is 2.42. The number of hydrogen-bond acceptors (Lipinski definition) is 5. The minimum atomic E-state index is -0.622. The van der Waals surface area contributed by atoms with Crippen LogP contribution in [0.3, 0.4) is 0 Å². The molecule has 0 saturated carbocycles. The molecule has 0 rings (SSSR count). The van der Waals surface area contributed by atoms with Crippen LogP contribution in [-0.4, -0.2) is 75.1 Å². The number of amides is 1. The Morgan fingerprint density at radius 1 is 1.25 bits per heavy atom. The molecule has 2 atom stereocenters. The Balaban J connectivity index is 3.49. The van der Waals surface area contributed by atoms with Crippen molar-refractivity contribution in [3.63, 3.8) is 0 Å². The van der Waals surface area contributed by atoms with Gasteiger partial charge in [-0.15, -0.1) is 0 Å². The molecular formula is C14H30N2O4. The fourth-order valence-electron chi connectivity index (χ4n) is 1.53. The van der Waals surface area contributed by atoms with Crippen molar-refractivity contribution in [2.45, 2.75) is 38.8 Å². The number of hydrogen-bond donors (Lipinski definition) is 2. The Morgan fingerprint density at radius 2 is 1.90 bits per heavy atom. The molecule has 20 heavy (non-hydrogen) atoms. The quantitative estimate of drug-likeness (QED) is 0.504. The van der Waals surface area contributed by atoms with Crippen molar-refractivity contribution in [3.8, 4) is 0 Å². The summed E-state index contributed by atoms with van der Waals surface area (Å²) in [7, 11) is 3.41. The Hall–Kier alpha value is -0.690. The topological polar surface area (TPSA) is 71.0 Å². The van der Waals surface area contributed by atoms with Crippen LogP contribution in [0, 0.1) is 0 Å². The third-order valence-corrected chi connectivity index (χ3v) is 2.80. The van der Waals surface area contributed by atoms with E-state index in [-0.39, 0.29) is 18.6 Å². The molecule has 0 heterocycles. The Labute approximate surface area is 122 Å². The van der Waals surface area contributed by atoms with Crippen molar-refractivity contribution in [2.75, 3.05) is 47.1 Å². The second kappa shape index (κ2) is 12.1. The van der Waals surface area contributed by atoms with E-state index in [1.165, 1.54) is 4.90 Å². The van der Waals surface area contributed by atoms with Gasteiger partial charge in [-0.1, -0.05) is 13.3 Å². The van der Waals surface area contributed by atoms with Crippen LogP contribution in [0.2, 0.25) is 0 Å². The first-order valence-corrected chi connectivity index (χ1v) is 7.27. The van der Waals surface area contributed by atoms with Crippen LogP contribution in [0.15, 0.2) is 0 Å². The minimum absolute atomic E-state index is 0.0116. The van der Waals surface area contributed by atoms with Gasteiger partial charge in [0.2, 0.25) is 5.91 Å². The number of ether oxygens (including phenoxy) is 2. The minimum Gasteiger partial charge on any atom is -0.389 e. The van der Waals surface area contributed by atoms with Gasteiger partial charge >= 0.3 is 0 Å². The smallest absolute Gasteiger partial charge is 0.238 e. The van der Waals surface area contributed by atoms with Crippen LogP contribution in [0.25, 0.3) is 0 Å². The zero-order valence-electron chi connectivity index (χ0n) is 13.2. The Kier molecular flexibility index (Phi) is 11.7. The molecule has 6 nitrogen and oxygen atoms in total. The lowest BCUT2D eigenvalue weighted by atomic mass is 10.2. The van der Waals surface area contributed by atoms with E-state index in [1.807, 2.05) is 0 Å². The van der Waals surface area contributed by atoms with Crippen molar-refractivity contribution in [2.24, 2.45) is 0 Å². The molecule has 0 aliphatic rings. The van der Waals surface area contributed by atoms with E-state index in [4.69, 9.17) is 9.47 Å². The van der Waals surface area contributed by atoms with Crippen LogP contribution < -0.4 is 5.32 Å². The van der Waals surface area contributed by atoms with E-state index >= 15 is 0 Å². The van der Waals surface area contributed by atoms with Gasteiger partial charge in [-0.2, -0.15) is 0 Å². The third kappa shape index (κ3) is 10.1. The average molecular weight is 290 g/mol. The summed E-state index contributed by atoms with van der Waals surface area (Å²) in [6.45, 7) is 6.25. The highest BCUT2D eigenvalue weighted by Gasteiger charge is 2.15. The van der Waals surface area contributed by atoms with Gasteiger partial charge in [0.25, 0.3) is 0 Å². The fourth-order valence-corrected chi connectivity index (χ4v) is 1.53. The molecule has 0 radical (unpaired) electrons. The Morgan fingerprint density at radius 3 is 2.50 bits per heavy atom. The zero-order chi connectivity index (χ0) is 15.4. The number of rotatable bonds is 12. The first-order chi connectivity index (χ1) is 9.49. The summed E-state index contributed by atoms with van der Waals surface area (Å²) in [4.78, 5) is 13.1. The molecule has 2 N–H and O–H groups in total. The number of carbonyl (C=O) groups excluding carboxylic acids is 1. The van der Waals surface area contributed by atoms with Crippen molar-refractivity contribution in [1.82, 2.24) is 10.2 Å². The highest BCUT2D eigenvalue weighted by Crippen LogP contribution is 1.92. The lowest BCUT2D eigenvalue weighted by Crippen LogP contribution is -2.45. The molecule has 120 valence electrons. The number of likely N-dealkylation sites (N-methyl/N-ethyl adjacent to an activating group) is 1. The second-order valence-corrected chi connectivity index (χ2v) is 5.06.